The SMILES string of the molecule is CN(CC(=O)NN=Cc1ccc(OCc2ccccc2)cc1)S(=O)(=O)c1ccc2ccccc2c1. The van der Waals surface area contributed by atoms with Crippen LogP contribution < -0.4 is 10.2 Å². The van der Waals surface area contributed by atoms with Gasteiger partial charge in [-0.15, -0.1) is 0 Å². The molecular weight excluding hydrogens is 462 g/mol. The van der Waals surface area contributed by atoms with E-state index in [0.29, 0.717) is 6.61 Å². The monoisotopic (exact) mass is 487 g/mol. The van der Waals surface area contributed by atoms with Crippen LogP contribution in [0.15, 0.2) is 107 Å². The van der Waals surface area contributed by atoms with Crippen molar-refractivity contribution < 1.29 is 17.9 Å². The summed E-state index contributed by atoms with van der Waals surface area (Å²) in [6, 6.07) is 29.5. The van der Waals surface area contributed by atoms with Gasteiger partial charge in [0.15, 0.2) is 0 Å². The van der Waals surface area contributed by atoms with Crippen LogP contribution in [0.4, 0.5) is 0 Å². The van der Waals surface area contributed by atoms with Gasteiger partial charge in [-0.3, -0.25) is 4.79 Å². The Hall–Kier alpha value is -4.01. The average Bonchev–Trinajstić information content (AvgIpc) is 2.88. The first-order valence-corrected chi connectivity index (χ1v) is 12.4. The van der Waals surface area contributed by atoms with E-state index in [1.165, 1.54) is 19.3 Å². The Morgan fingerprint density at radius 2 is 1.60 bits per heavy atom. The van der Waals surface area contributed by atoms with Crippen molar-refractivity contribution in [2.75, 3.05) is 13.6 Å². The fourth-order valence-corrected chi connectivity index (χ4v) is 4.56. The van der Waals surface area contributed by atoms with E-state index < -0.39 is 15.9 Å². The minimum Gasteiger partial charge on any atom is -0.489 e. The van der Waals surface area contributed by atoms with Crippen molar-refractivity contribution >= 4 is 32.9 Å². The van der Waals surface area contributed by atoms with E-state index in [-0.39, 0.29) is 11.4 Å². The van der Waals surface area contributed by atoms with Crippen molar-refractivity contribution in [3.63, 3.8) is 0 Å². The van der Waals surface area contributed by atoms with Crippen LogP contribution in [-0.4, -0.2) is 38.4 Å². The first kappa shape index (κ1) is 24.1. The molecule has 0 bridgehead atoms. The van der Waals surface area contributed by atoms with Gasteiger partial charge in [-0.2, -0.15) is 9.41 Å². The topological polar surface area (TPSA) is 88.1 Å². The van der Waals surface area contributed by atoms with Gasteiger partial charge in [0.2, 0.25) is 10.0 Å². The lowest BCUT2D eigenvalue weighted by molar-refractivity contribution is -0.121. The molecule has 0 atom stereocenters. The molecule has 0 radical (unpaired) electrons. The standard InChI is InChI=1S/C27H25N3O4S/c1-30(35(32,33)26-16-13-23-9-5-6-10-24(23)17-26)19-27(31)29-28-18-21-11-14-25(15-12-21)34-20-22-7-3-2-4-8-22/h2-18H,19-20H2,1H3,(H,29,31). The molecule has 0 unspecified atom stereocenters. The number of fused-ring (bicyclic) bond motifs is 1. The highest BCUT2D eigenvalue weighted by atomic mass is 32.2. The van der Waals surface area contributed by atoms with E-state index in [4.69, 9.17) is 4.74 Å². The van der Waals surface area contributed by atoms with E-state index in [1.807, 2.05) is 78.9 Å². The molecule has 7 nitrogen and oxygen atoms in total. The molecule has 4 aromatic carbocycles. The molecule has 0 aromatic heterocycles. The number of carbonyl (C=O) groups excluding carboxylic acids is 1. The fraction of sp³-hybridized carbons (Fsp3) is 0.111. The van der Waals surface area contributed by atoms with Crippen molar-refractivity contribution in [1.29, 1.82) is 0 Å². The van der Waals surface area contributed by atoms with Crippen molar-refractivity contribution in [2.24, 2.45) is 5.10 Å². The van der Waals surface area contributed by atoms with Gasteiger partial charge in [-0.1, -0.05) is 60.7 Å². The molecule has 1 amide bonds. The largest absolute Gasteiger partial charge is 0.489 e. The zero-order valence-electron chi connectivity index (χ0n) is 19.2. The summed E-state index contributed by atoms with van der Waals surface area (Å²) < 4.78 is 32.5. The van der Waals surface area contributed by atoms with Gasteiger partial charge in [0, 0.05) is 7.05 Å². The normalized spacial score (nSPS) is 11.7. The maximum Gasteiger partial charge on any atom is 0.255 e. The predicted octanol–water partition coefficient (Wildman–Crippen LogP) is 4.19. The number of rotatable bonds is 9. The van der Waals surface area contributed by atoms with Crippen LogP contribution in [0.25, 0.3) is 10.8 Å². The first-order chi connectivity index (χ1) is 16.9. The summed E-state index contributed by atoms with van der Waals surface area (Å²) in [7, 11) is -2.46. The number of likely N-dealkylation sites (N-methyl/N-ethyl adjacent to an activating group) is 1. The fourth-order valence-electron chi connectivity index (χ4n) is 3.40. The second-order valence-electron chi connectivity index (χ2n) is 7.91. The highest BCUT2D eigenvalue weighted by Crippen LogP contribution is 2.21. The number of carbonyl (C=O) groups is 1. The third-order valence-corrected chi connectivity index (χ3v) is 7.13. The highest BCUT2D eigenvalue weighted by molar-refractivity contribution is 7.89. The van der Waals surface area contributed by atoms with Crippen molar-refractivity contribution in [3.05, 3.63) is 108 Å². The third-order valence-electron chi connectivity index (χ3n) is 5.33. The maximum atomic E-state index is 12.9. The minimum absolute atomic E-state index is 0.129. The highest BCUT2D eigenvalue weighted by Gasteiger charge is 2.23. The van der Waals surface area contributed by atoms with E-state index in [0.717, 1.165) is 32.0 Å². The van der Waals surface area contributed by atoms with E-state index in [1.54, 1.807) is 12.1 Å². The predicted molar refractivity (Wildman–Crippen MR) is 137 cm³/mol. The number of benzene rings is 4. The smallest absolute Gasteiger partial charge is 0.255 e. The summed E-state index contributed by atoms with van der Waals surface area (Å²) in [4.78, 5) is 12.4. The van der Waals surface area contributed by atoms with Crippen LogP contribution in [0.1, 0.15) is 11.1 Å². The van der Waals surface area contributed by atoms with Gasteiger partial charge in [-0.05, 0) is 58.3 Å². The Balaban J connectivity index is 1.29. The van der Waals surface area contributed by atoms with Crippen LogP contribution in [0.2, 0.25) is 0 Å². The summed E-state index contributed by atoms with van der Waals surface area (Å²) in [5.74, 6) is 0.173. The lowest BCUT2D eigenvalue weighted by Gasteiger charge is -2.16. The molecule has 0 aliphatic rings. The van der Waals surface area contributed by atoms with Gasteiger partial charge >= 0.3 is 0 Å². The van der Waals surface area contributed by atoms with Crippen LogP contribution in [-0.2, 0) is 21.4 Å². The van der Waals surface area contributed by atoms with Gasteiger partial charge in [0.25, 0.3) is 5.91 Å². The Labute approximate surface area is 204 Å². The molecule has 0 spiro atoms. The molecule has 0 saturated carbocycles. The molecule has 8 heteroatoms. The van der Waals surface area contributed by atoms with E-state index in [9.17, 15) is 13.2 Å². The van der Waals surface area contributed by atoms with Crippen molar-refractivity contribution in [3.8, 4) is 5.75 Å². The Bertz CT molecular complexity index is 1440. The lowest BCUT2D eigenvalue weighted by Crippen LogP contribution is -2.36. The number of ether oxygens (including phenoxy) is 1. The molecule has 0 heterocycles. The lowest BCUT2D eigenvalue weighted by atomic mass is 10.1. The number of hydrogen-bond donors (Lipinski definition) is 1. The Kier molecular flexibility index (Phi) is 7.54. The summed E-state index contributed by atoms with van der Waals surface area (Å²) in [6.45, 7) is 0.110. The Morgan fingerprint density at radius 3 is 2.34 bits per heavy atom. The number of hydrogen-bond acceptors (Lipinski definition) is 5. The summed E-state index contributed by atoms with van der Waals surface area (Å²) in [6.07, 6.45) is 1.48. The summed E-state index contributed by atoms with van der Waals surface area (Å²) >= 11 is 0. The minimum atomic E-state index is -3.83. The quantitative estimate of drug-likeness (QED) is 0.283. The van der Waals surface area contributed by atoms with Gasteiger partial charge in [0.05, 0.1) is 17.7 Å². The van der Waals surface area contributed by atoms with Crippen molar-refractivity contribution in [2.45, 2.75) is 11.5 Å². The second-order valence-corrected chi connectivity index (χ2v) is 9.95. The third kappa shape index (κ3) is 6.32. The zero-order chi connectivity index (χ0) is 24.7. The average molecular weight is 488 g/mol. The molecule has 0 aliphatic heterocycles. The van der Waals surface area contributed by atoms with Crippen LogP contribution in [0, 0.1) is 0 Å². The number of sulfonamides is 1. The first-order valence-electron chi connectivity index (χ1n) is 11.0. The Morgan fingerprint density at radius 1 is 0.914 bits per heavy atom. The molecular formula is C27H25N3O4S. The maximum absolute atomic E-state index is 12.9. The molecule has 4 rings (SSSR count). The summed E-state index contributed by atoms with van der Waals surface area (Å²) in [5.41, 5.74) is 4.21. The molecule has 4 aromatic rings. The molecule has 178 valence electrons. The van der Waals surface area contributed by atoms with Gasteiger partial charge in [0.1, 0.15) is 12.4 Å². The second kappa shape index (κ2) is 10.9. The van der Waals surface area contributed by atoms with Crippen molar-refractivity contribution in [1.82, 2.24) is 9.73 Å². The van der Waals surface area contributed by atoms with Crippen LogP contribution in [0.3, 0.4) is 0 Å². The molecule has 0 aliphatic carbocycles. The van der Waals surface area contributed by atoms with Gasteiger partial charge in [-0.25, -0.2) is 13.8 Å². The number of amides is 1. The number of hydrazone groups is 1. The van der Waals surface area contributed by atoms with Crippen LogP contribution >= 0.6 is 0 Å². The van der Waals surface area contributed by atoms with Gasteiger partial charge < -0.3 is 4.74 Å². The molecule has 0 saturated heterocycles. The van der Waals surface area contributed by atoms with E-state index in [2.05, 4.69) is 10.5 Å². The molecule has 35 heavy (non-hydrogen) atoms. The summed E-state index contributed by atoms with van der Waals surface area (Å²) in [5, 5.41) is 5.68. The number of nitrogens with one attached hydrogen (secondary N) is 1. The molecule has 1 N–H and O–H groups in total. The van der Waals surface area contributed by atoms with Crippen LogP contribution in [0.5, 0.6) is 5.75 Å². The number of nitrogens with zero attached hydrogens (tertiary/aromatic N) is 2. The molecule has 0 fully saturated rings. The zero-order valence-corrected chi connectivity index (χ0v) is 20.0. The van der Waals surface area contributed by atoms with E-state index >= 15 is 0 Å².